The summed E-state index contributed by atoms with van der Waals surface area (Å²) < 4.78 is 40.0. The molecule has 0 fully saturated rings. The van der Waals surface area contributed by atoms with Crippen LogP contribution in [0, 0.1) is 5.82 Å². The molecule has 0 aliphatic carbocycles. The van der Waals surface area contributed by atoms with E-state index >= 15 is 0 Å². The van der Waals surface area contributed by atoms with E-state index in [0.29, 0.717) is 4.47 Å². The highest BCUT2D eigenvalue weighted by Gasteiger charge is 2.20. The lowest BCUT2D eigenvalue weighted by atomic mass is 10.3. The molecular formula is C10H7BrFNO2S2. The number of rotatable bonds is 3. The zero-order valence-electron chi connectivity index (χ0n) is 8.35. The predicted molar refractivity (Wildman–Crippen MR) is 69.2 cm³/mol. The molecule has 0 saturated carbocycles. The molecule has 2 aromatic rings. The Morgan fingerprint density at radius 2 is 1.94 bits per heavy atom. The van der Waals surface area contributed by atoms with Crippen LogP contribution in [0.4, 0.5) is 10.1 Å². The molecule has 3 nitrogen and oxygen atoms in total. The van der Waals surface area contributed by atoms with Crippen molar-refractivity contribution in [3.05, 3.63) is 46.0 Å². The van der Waals surface area contributed by atoms with E-state index in [1.165, 1.54) is 18.2 Å². The maximum absolute atomic E-state index is 13.3. The third-order valence-corrected chi connectivity index (χ3v) is 5.98. The lowest BCUT2D eigenvalue weighted by molar-refractivity contribution is 0.600. The van der Waals surface area contributed by atoms with Crippen molar-refractivity contribution in [3.8, 4) is 0 Å². The summed E-state index contributed by atoms with van der Waals surface area (Å²) in [6.45, 7) is 0. The van der Waals surface area contributed by atoms with Gasteiger partial charge in [0.05, 0.1) is 5.69 Å². The molecule has 0 saturated heterocycles. The number of benzene rings is 1. The van der Waals surface area contributed by atoms with Crippen LogP contribution in [0.3, 0.4) is 0 Å². The highest BCUT2D eigenvalue weighted by molar-refractivity contribution is 9.10. The smallest absolute Gasteiger partial charge is 0.272 e. The molecule has 0 atom stereocenters. The van der Waals surface area contributed by atoms with Crippen LogP contribution >= 0.6 is 27.3 Å². The molecule has 0 radical (unpaired) electrons. The summed E-state index contributed by atoms with van der Waals surface area (Å²) in [5.74, 6) is -0.608. The quantitative estimate of drug-likeness (QED) is 0.933. The summed E-state index contributed by atoms with van der Waals surface area (Å²) in [6, 6.07) is 7.24. The molecule has 0 unspecified atom stereocenters. The number of halogens is 2. The lowest BCUT2D eigenvalue weighted by Gasteiger charge is -2.07. The molecule has 1 aromatic heterocycles. The summed E-state index contributed by atoms with van der Waals surface area (Å²) in [5.41, 5.74) is -0.0622. The highest BCUT2D eigenvalue weighted by Crippen LogP contribution is 2.29. The van der Waals surface area contributed by atoms with Crippen molar-refractivity contribution in [3.63, 3.8) is 0 Å². The first-order valence-corrected chi connectivity index (χ1v) is 7.66. The van der Waals surface area contributed by atoms with Crippen molar-refractivity contribution < 1.29 is 12.8 Å². The Balaban J connectivity index is 2.37. The Labute approximate surface area is 110 Å². The van der Waals surface area contributed by atoms with Gasteiger partial charge >= 0.3 is 0 Å². The average Bonchev–Trinajstić information content (AvgIpc) is 2.68. The summed E-state index contributed by atoms with van der Waals surface area (Å²) in [5, 5.41) is 1.64. The van der Waals surface area contributed by atoms with Gasteiger partial charge in [-0.05, 0) is 39.5 Å². The van der Waals surface area contributed by atoms with Gasteiger partial charge in [0.25, 0.3) is 10.0 Å². The van der Waals surface area contributed by atoms with Crippen molar-refractivity contribution in [2.75, 3.05) is 4.72 Å². The first-order valence-electron chi connectivity index (χ1n) is 4.51. The van der Waals surface area contributed by atoms with E-state index in [1.54, 1.807) is 17.5 Å². The molecule has 90 valence electrons. The highest BCUT2D eigenvalue weighted by atomic mass is 79.9. The fourth-order valence-electron chi connectivity index (χ4n) is 1.21. The molecule has 0 aliphatic heterocycles. The second kappa shape index (κ2) is 4.75. The van der Waals surface area contributed by atoms with Crippen LogP contribution in [0.15, 0.2) is 44.4 Å². The van der Waals surface area contributed by atoms with Crippen LogP contribution in [0.5, 0.6) is 0 Å². The second-order valence-electron chi connectivity index (χ2n) is 3.14. The number of sulfonamides is 1. The van der Waals surface area contributed by atoms with Crippen LogP contribution in [0.2, 0.25) is 0 Å². The molecule has 0 amide bonds. The van der Waals surface area contributed by atoms with Gasteiger partial charge in [0.2, 0.25) is 0 Å². The minimum atomic E-state index is -3.74. The second-order valence-corrected chi connectivity index (χ2v) is 6.79. The first-order chi connectivity index (χ1) is 8.00. The predicted octanol–water partition coefficient (Wildman–Crippen LogP) is 3.45. The maximum atomic E-state index is 13.3. The standard InChI is InChI=1S/C10H7BrFNO2S2/c11-7-5-6-16-10(7)17(14,15)13-9-4-2-1-3-8(9)12/h1-6,13H. The fraction of sp³-hybridized carbons (Fsp3) is 0. The van der Waals surface area contributed by atoms with Gasteiger partial charge in [-0.2, -0.15) is 0 Å². The summed E-state index contributed by atoms with van der Waals surface area (Å²) in [6.07, 6.45) is 0. The maximum Gasteiger partial charge on any atom is 0.272 e. The number of nitrogens with one attached hydrogen (secondary N) is 1. The van der Waals surface area contributed by atoms with E-state index in [-0.39, 0.29) is 9.90 Å². The van der Waals surface area contributed by atoms with Gasteiger partial charge in [0.1, 0.15) is 5.82 Å². The van der Waals surface area contributed by atoms with Gasteiger partial charge in [-0.25, -0.2) is 12.8 Å². The molecule has 1 aromatic carbocycles. The summed E-state index contributed by atoms with van der Waals surface area (Å²) >= 11 is 4.19. The van der Waals surface area contributed by atoms with Crippen LogP contribution in [-0.4, -0.2) is 8.42 Å². The van der Waals surface area contributed by atoms with E-state index < -0.39 is 15.8 Å². The molecule has 0 spiro atoms. The zero-order valence-corrected chi connectivity index (χ0v) is 11.6. The van der Waals surface area contributed by atoms with Crippen LogP contribution < -0.4 is 4.72 Å². The van der Waals surface area contributed by atoms with Gasteiger partial charge in [-0.15, -0.1) is 11.3 Å². The molecular weight excluding hydrogens is 329 g/mol. The first kappa shape index (κ1) is 12.5. The Morgan fingerprint density at radius 3 is 2.53 bits per heavy atom. The molecule has 1 N–H and O–H groups in total. The Kier molecular flexibility index (Phi) is 3.50. The zero-order chi connectivity index (χ0) is 12.5. The number of thiophene rings is 1. The normalized spacial score (nSPS) is 11.4. The number of anilines is 1. The van der Waals surface area contributed by atoms with Gasteiger partial charge in [0.15, 0.2) is 4.21 Å². The largest absolute Gasteiger partial charge is 0.276 e. The minimum Gasteiger partial charge on any atom is -0.276 e. The summed E-state index contributed by atoms with van der Waals surface area (Å²) in [4.78, 5) is 0. The van der Waals surface area contributed by atoms with Crippen molar-refractivity contribution in [2.45, 2.75) is 4.21 Å². The third-order valence-electron chi connectivity index (χ3n) is 1.95. The van der Waals surface area contributed by atoms with E-state index in [2.05, 4.69) is 20.7 Å². The fourth-order valence-corrected chi connectivity index (χ4v) is 4.61. The Bertz CT molecular complexity index is 639. The minimum absolute atomic E-state index is 0.0622. The third kappa shape index (κ3) is 2.67. The van der Waals surface area contributed by atoms with E-state index in [9.17, 15) is 12.8 Å². The molecule has 1 heterocycles. The number of para-hydroxylation sites is 1. The van der Waals surface area contributed by atoms with Crippen molar-refractivity contribution >= 4 is 43.0 Å². The van der Waals surface area contributed by atoms with E-state index in [1.807, 2.05) is 0 Å². The summed E-state index contributed by atoms with van der Waals surface area (Å²) in [7, 11) is -3.74. The Hall–Kier alpha value is -0.920. The average molecular weight is 336 g/mol. The van der Waals surface area contributed by atoms with Crippen molar-refractivity contribution in [2.24, 2.45) is 0 Å². The van der Waals surface area contributed by atoms with Gasteiger partial charge < -0.3 is 0 Å². The van der Waals surface area contributed by atoms with E-state index in [4.69, 9.17) is 0 Å². The molecule has 0 aliphatic rings. The van der Waals surface area contributed by atoms with Crippen molar-refractivity contribution in [1.82, 2.24) is 0 Å². The van der Waals surface area contributed by atoms with Crippen LogP contribution in [0.25, 0.3) is 0 Å². The Morgan fingerprint density at radius 1 is 1.24 bits per heavy atom. The molecule has 17 heavy (non-hydrogen) atoms. The SMILES string of the molecule is O=S(=O)(Nc1ccccc1F)c1sccc1Br. The lowest BCUT2D eigenvalue weighted by Crippen LogP contribution is -2.12. The van der Waals surface area contributed by atoms with Crippen LogP contribution in [0.1, 0.15) is 0 Å². The van der Waals surface area contributed by atoms with Crippen LogP contribution in [-0.2, 0) is 10.0 Å². The molecule has 2 rings (SSSR count). The van der Waals surface area contributed by atoms with Gasteiger partial charge in [-0.1, -0.05) is 12.1 Å². The molecule has 0 bridgehead atoms. The van der Waals surface area contributed by atoms with Gasteiger partial charge in [-0.3, -0.25) is 4.72 Å². The number of hydrogen-bond donors (Lipinski definition) is 1. The monoisotopic (exact) mass is 335 g/mol. The van der Waals surface area contributed by atoms with Crippen molar-refractivity contribution in [1.29, 1.82) is 0 Å². The van der Waals surface area contributed by atoms with Gasteiger partial charge in [0, 0.05) is 4.47 Å². The number of hydrogen-bond acceptors (Lipinski definition) is 3. The molecule has 7 heteroatoms. The van der Waals surface area contributed by atoms with E-state index in [0.717, 1.165) is 11.3 Å². The topological polar surface area (TPSA) is 46.2 Å².